The Morgan fingerprint density at radius 2 is 2.05 bits per heavy atom. The number of ether oxygens (including phenoxy) is 2. The third-order valence-electron chi connectivity index (χ3n) is 2.39. The molecule has 1 rings (SSSR count). The lowest BCUT2D eigenvalue weighted by molar-refractivity contribution is -0.140. The van der Waals surface area contributed by atoms with E-state index in [0.29, 0.717) is 16.3 Å². The number of carbonyl (C=O) groups excluding carboxylic acids is 2. The number of amides is 1. The summed E-state index contributed by atoms with van der Waals surface area (Å²) in [4.78, 5) is 23.0. The minimum Gasteiger partial charge on any atom is -0.490 e. The predicted octanol–water partition coefficient (Wildman–Crippen LogP) is 2.42. The predicted molar refractivity (Wildman–Crippen MR) is 76.2 cm³/mol. The van der Waals surface area contributed by atoms with Gasteiger partial charge in [0.2, 0.25) is 0 Å². The van der Waals surface area contributed by atoms with Gasteiger partial charge in [-0.25, -0.2) is 0 Å². The molecular weight excluding hydrogens is 282 g/mol. The van der Waals surface area contributed by atoms with Crippen LogP contribution in [0.5, 0.6) is 5.75 Å². The van der Waals surface area contributed by atoms with Gasteiger partial charge in [-0.3, -0.25) is 9.59 Å². The molecule has 5 nitrogen and oxygen atoms in total. The van der Waals surface area contributed by atoms with Crippen LogP contribution in [0.3, 0.4) is 0 Å². The highest BCUT2D eigenvalue weighted by atomic mass is 35.5. The highest BCUT2D eigenvalue weighted by Gasteiger charge is 2.14. The smallest absolute Gasteiger partial charge is 0.307 e. The van der Waals surface area contributed by atoms with Crippen molar-refractivity contribution in [1.82, 2.24) is 5.32 Å². The van der Waals surface area contributed by atoms with E-state index in [-0.39, 0.29) is 30.9 Å². The Morgan fingerprint density at radius 1 is 1.35 bits per heavy atom. The molecule has 0 atom stereocenters. The number of nitrogens with one attached hydrogen (secondary N) is 1. The Kier molecular flexibility index (Phi) is 6.31. The van der Waals surface area contributed by atoms with E-state index in [1.165, 1.54) is 13.2 Å². The number of hydrogen-bond acceptors (Lipinski definition) is 4. The van der Waals surface area contributed by atoms with Gasteiger partial charge in [-0.1, -0.05) is 11.6 Å². The van der Waals surface area contributed by atoms with E-state index in [1.54, 1.807) is 12.1 Å². The molecule has 0 aromatic heterocycles. The van der Waals surface area contributed by atoms with Gasteiger partial charge in [0.25, 0.3) is 5.91 Å². The molecule has 0 heterocycles. The number of esters is 1. The van der Waals surface area contributed by atoms with Crippen molar-refractivity contribution in [2.75, 3.05) is 13.7 Å². The van der Waals surface area contributed by atoms with Crippen molar-refractivity contribution in [3.05, 3.63) is 28.8 Å². The van der Waals surface area contributed by atoms with E-state index >= 15 is 0 Å². The quantitative estimate of drug-likeness (QED) is 0.819. The van der Waals surface area contributed by atoms with Gasteiger partial charge in [-0.15, -0.1) is 0 Å². The third kappa shape index (κ3) is 5.09. The molecule has 0 aliphatic carbocycles. The monoisotopic (exact) mass is 299 g/mol. The Labute approximate surface area is 123 Å². The average molecular weight is 300 g/mol. The van der Waals surface area contributed by atoms with Crippen molar-refractivity contribution in [3.8, 4) is 5.75 Å². The van der Waals surface area contributed by atoms with Gasteiger partial charge in [0.15, 0.2) is 0 Å². The van der Waals surface area contributed by atoms with E-state index in [9.17, 15) is 9.59 Å². The second kappa shape index (κ2) is 7.75. The molecule has 6 heteroatoms. The normalized spacial score (nSPS) is 10.2. The molecule has 1 aromatic carbocycles. The SMILES string of the molecule is COC(=O)CCNC(=O)c1cc(Cl)ccc1OC(C)C. The van der Waals surface area contributed by atoms with Crippen LogP contribution in [0.25, 0.3) is 0 Å². The summed E-state index contributed by atoms with van der Waals surface area (Å²) in [6.45, 7) is 3.93. The fraction of sp³-hybridized carbons (Fsp3) is 0.429. The first-order valence-corrected chi connectivity index (χ1v) is 6.63. The van der Waals surface area contributed by atoms with Crippen LogP contribution in [-0.4, -0.2) is 31.6 Å². The fourth-order valence-corrected chi connectivity index (χ4v) is 1.68. The molecule has 110 valence electrons. The maximum Gasteiger partial charge on any atom is 0.307 e. The maximum atomic E-state index is 12.1. The van der Waals surface area contributed by atoms with Crippen molar-refractivity contribution in [2.45, 2.75) is 26.4 Å². The first-order valence-electron chi connectivity index (χ1n) is 6.25. The summed E-state index contributed by atoms with van der Waals surface area (Å²) in [7, 11) is 1.30. The number of carbonyl (C=O) groups is 2. The van der Waals surface area contributed by atoms with Crippen LogP contribution < -0.4 is 10.1 Å². The summed E-state index contributed by atoms with van der Waals surface area (Å²) >= 11 is 5.89. The second-order valence-corrected chi connectivity index (χ2v) is 4.83. The maximum absolute atomic E-state index is 12.1. The standard InChI is InChI=1S/C14H18ClNO4/c1-9(2)20-12-5-4-10(15)8-11(12)14(18)16-7-6-13(17)19-3/h4-5,8-9H,6-7H2,1-3H3,(H,16,18). The van der Waals surface area contributed by atoms with Crippen molar-refractivity contribution in [1.29, 1.82) is 0 Å². The topological polar surface area (TPSA) is 64.6 Å². The largest absolute Gasteiger partial charge is 0.490 e. The fourth-order valence-electron chi connectivity index (χ4n) is 1.51. The highest BCUT2D eigenvalue weighted by Crippen LogP contribution is 2.23. The van der Waals surface area contributed by atoms with E-state index in [1.807, 2.05) is 13.8 Å². The first kappa shape index (κ1) is 16.3. The summed E-state index contributed by atoms with van der Waals surface area (Å²) < 4.78 is 10.1. The first-order chi connectivity index (χ1) is 9.43. The Balaban J connectivity index is 2.75. The van der Waals surface area contributed by atoms with E-state index in [0.717, 1.165) is 0 Å². The molecular formula is C14H18ClNO4. The molecule has 20 heavy (non-hydrogen) atoms. The second-order valence-electron chi connectivity index (χ2n) is 4.39. The van der Waals surface area contributed by atoms with Gasteiger partial charge in [0.1, 0.15) is 5.75 Å². The molecule has 0 radical (unpaired) electrons. The lowest BCUT2D eigenvalue weighted by Gasteiger charge is -2.14. The Bertz CT molecular complexity index is 488. The van der Waals surface area contributed by atoms with E-state index in [4.69, 9.17) is 16.3 Å². The molecule has 1 N–H and O–H groups in total. The molecule has 0 fully saturated rings. The minimum absolute atomic E-state index is 0.0576. The number of halogens is 1. The molecule has 0 spiro atoms. The van der Waals surface area contributed by atoms with Crippen LogP contribution in [0, 0.1) is 0 Å². The van der Waals surface area contributed by atoms with Gasteiger partial charge in [-0.2, -0.15) is 0 Å². The third-order valence-corrected chi connectivity index (χ3v) is 2.63. The molecule has 0 aliphatic heterocycles. The van der Waals surface area contributed by atoms with Crippen LogP contribution >= 0.6 is 11.6 Å². The zero-order valence-electron chi connectivity index (χ0n) is 11.7. The van der Waals surface area contributed by atoms with E-state index in [2.05, 4.69) is 10.1 Å². The summed E-state index contributed by atoms with van der Waals surface area (Å²) in [6.07, 6.45) is 0.0567. The summed E-state index contributed by atoms with van der Waals surface area (Å²) in [5.41, 5.74) is 0.344. The van der Waals surface area contributed by atoms with Crippen molar-refractivity contribution < 1.29 is 19.1 Å². The zero-order chi connectivity index (χ0) is 15.1. The number of rotatable bonds is 6. The van der Waals surface area contributed by atoms with Gasteiger partial charge >= 0.3 is 5.97 Å². The van der Waals surface area contributed by atoms with Crippen LogP contribution in [0.15, 0.2) is 18.2 Å². The van der Waals surface area contributed by atoms with E-state index < -0.39 is 0 Å². The lowest BCUT2D eigenvalue weighted by Crippen LogP contribution is -2.27. The molecule has 0 saturated carbocycles. The zero-order valence-corrected chi connectivity index (χ0v) is 12.5. The minimum atomic E-state index is -0.380. The Hall–Kier alpha value is -1.75. The highest BCUT2D eigenvalue weighted by molar-refractivity contribution is 6.31. The van der Waals surface area contributed by atoms with Gasteiger partial charge in [0.05, 0.1) is 25.2 Å². The lowest BCUT2D eigenvalue weighted by atomic mass is 10.2. The number of benzene rings is 1. The number of hydrogen-bond donors (Lipinski definition) is 1. The van der Waals surface area contributed by atoms with Gasteiger partial charge < -0.3 is 14.8 Å². The average Bonchev–Trinajstić information content (AvgIpc) is 2.39. The van der Waals surface area contributed by atoms with Crippen molar-refractivity contribution in [3.63, 3.8) is 0 Å². The van der Waals surface area contributed by atoms with Crippen molar-refractivity contribution in [2.24, 2.45) is 0 Å². The van der Waals surface area contributed by atoms with Crippen LogP contribution in [0.2, 0.25) is 5.02 Å². The molecule has 0 saturated heterocycles. The number of methoxy groups -OCH3 is 1. The summed E-state index contributed by atoms with van der Waals surface area (Å²) in [5.74, 6) is -0.262. The van der Waals surface area contributed by atoms with Crippen LogP contribution in [-0.2, 0) is 9.53 Å². The molecule has 0 unspecified atom stereocenters. The van der Waals surface area contributed by atoms with Crippen LogP contribution in [0.1, 0.15) is 30.6 Å². The molecule has 1 aromatic rings. The molecule has 1 amide bonds. The van der Waals surface area contributed by atoms with Crippen molar-refractivity contribution >= 4 is 23.5 Å². The van der Waals surface area contributed by atoms with Gasteiger partial charge in [-0.05, 0) is 32.0 Å². The molecule has 0 bridgehead atoms. The summed E-state index contributed by atoms with van der Waals surface area (Å²) in [6, 6.07) is 4.84. The van der Waals surface area contributed by atoms with Crippen LogP contribution in [0.4, 0.5) is 0 Å². The Morgan fingerprint density at radius 3 is 2.65 bits per heavy atom. The summed E-state index contributed by atoms with van der Waals surface area (Å²) in [5, 5.41) is 3.07. The molecule has 0 aliphatic rings. The van der Waals surface area contributed by atoms with Gasteiger partial charge in [0, 0.05) is 11.6 Å².